The Hall–Kier alpha value is -2.77. The standard InChI is InChI=1S/C19H28N4O4/c1-7-8-16-22-17(27-23-16)12(2)20-13-9-10-14(15(11-13)25-6)21-18(24)26-19(3,4)5/h9-12,20H,7-8H2,1-6H3,(H,21,24)/t12-/m1/s1. The van der Waals surface area contributed by atoms with Crippen LogP contribution in [0.15, 0.2) is 22.7 Å². The lowest BCUT2D eigenvalue weighted by atomic mass is 10.2. The van der Waals surface area contributed by atoms with E-state index in [9.17, 15) is 4.79 Å². The summed E-state index contributed by atoms with van der Waals surface area (Å²) in [7, 11) is 1.54. The van der Waals surface area contributed by atoms with Gasteiger partial charge in [0.2, 0.25) is 5.89 Å². The Kier molecular flexibility index (Phi) is 6.65. The number of methoxy groups -OCH3 is 1. The zero-order valence-electron chi connectivity index (χ0n) is 16.8. The highest BCUT2D eigenvalue weighted by Gasteiger charge is 2.18. The summed E-state index contributed by atoms with van der Waals surface area (Å²) in [6, 6.07) is 5.19. The quantitative estimate of drug-likeness (QED) is 0.731. The van der Waals surface area contributed by atoms with Crippen LogP contribution in [0.4, 0.5) is 16.2 Å². The third-order valence-electron chi connectivity index (χ3n) is 3.55. The fourth-order valence-corrected chi connectivity index (χ4v) is 2.38. The molecule has 1 heterocycles. The van der Waals surface area contributed by atoms with Crippen LogP contribution in [0.5, 0.6) is 5.75 Å². The zero-order valence-corrected chi connectivity index (χ0v) is 16.8. The van der Waals surface area contributed by atoms with E-state index in [1.165, 1.54) is 7.11 Å². The number of carbonyl (C=O) groups is 1. The van der Waals surface area contributed by atoms with Crippen LogP contribution in [0, 0.1) is 0 Å². The SMILES string of the molecule is CCCc1noc([C@@H](C)Nc2ccc(NC(=O)OC(C)(C)C)c(OC)c2)n1. The van der Waals surface area contributed by atoms with Crippen LogP contribution in [0.25, 0.3) is 0 Å². The molecule has 0 fully saturated rings. The van der Waals surface area contributed by atoms with Gasteiger partial charge in [-0.05, 0) is 46.2 Å². The fourth-order valence-electron chi connectivity index (χ4n) is 2.38. The number of hydrogen-bond acceptors (Lipinski definition) is 7. The third-order valence-corrected chi connectivity index (χ3v) is 3.55. The number of hydrogen-bond donors (Lipinski definition) is 2. The zero-order chi connectivity index (χ0) is 20.0. The lowest BCUT2D eigenvalue weighted by molar-refractivity contribution is 0.0635. The normalized spacial score (nSPS) is 12.4. The van der Waals surface area contributed by atoms with Crippen LogP contribution in [0.2, 0.25) is 0 Å². The summed E-state index contributed by atoms with van der Waals surface area (Å²) in [5, 5.41) is 9.95. The summed E-state index contributed by atoms with van der Waals surface area (Å²) < 4.78 is 15.9. The number of aryl methyl sites for hydroxylation is 1. The van der Waals surface area contributed by atoms with Gasteiger partial charge in [-0.2, -0.15) is 4.98 Å². The van der Waals surface area contributed by atoms with Gasteiger partial charge in [0.25, 0.3) is 0 Å². The predicted octanol–water partition coefficient (Wildman–Crippen LogP) is 4.55. The van der Waals surface area contributed by atoms with Crippen molar-refractivity contribution in [2.45, 2.75) is 59.1 Å². The maximum Gasteiger partial charge on any atom is 0.412 e. The number of benzene rings is 1. The van der Waals surface area contributed by atoms with Gasteiger partial charge >= 0.3 is 6.09 Å². The number of ether oxygens (including phenoxy) is 2. The van der Waals surface area contributed by atoms with E-state index in [4.69, 9.17) is 14.0 Å². The molecule has 148 valence electrons. The molecule has 0 aliphatic carbocycles. The van der Waals surface area contributed by atoms with Crippen molar-refractivity contribution in [3.8, 4) is 5.75 Å². The first-order chi connectivity index (χ1) is 12.7. The topological polar surface area (TPSA) is 98.5 Å². The van der Waals surface area contributed by atoms with E-state index >= 15 is 0 Å². The molecule has 27 heavy (non-hydrogen) atoms. The Labute approximate surface area is 159 Å². The molecule has 0 aliphatic rings. The summed E-state index contributed by atoms with van der Waals surface area (Å²) in [5.41, 5.74) is 0.742. The van der Waals surface area contributed by atoms with Gasteiger partial charge in [0.1, 0.15) is 17.4 Å². The molecule has 1 amide bonds. The van der Waals surface area contributed by atoms with Crippen molar-refractivity contribution in [3.05, 3.63) is 29.9 Å². The molecule has 8 heteroatoms. The molecule has 2 aromatic rings. The molecule has 0 radical (unpaired) electrons. The summed E-state index contributed by atoms with van der Waals surface area (Å²) in [5.74, 6) is 1.74. The minimum atomic E-state index is -0.574. The van der Waals surface area contributed by atoms with Crippen LogP contribution in [-0.4, -0.2) is 28.9 Å². The number of nitrogens with one attached hydrogen (secondary N) is 2. The maximum atomic E-state index is 12.0. The summed E-state index contributed by atoms with van der Waals surface area (Å²) >= 11 is 0. The first kappa shape index (κ1) is 20.5. The Morgan fingerprint density at radius 2 is 2.07 bits per heavy atom. The molecule has 1 aromatic carbocycles. The number of aromatic nitrogens is 2. The molecule has 0 unspecified atom stereocenters. The van der Waals surface area contributed by atoms with Crippen LogP contribution >= 0.6 is 0 Å². The summed E-state index contributed by atoms with van der Waals surface area (Å²) in [6.07, 6.45) is 1.21. The molecule has 1 atom stereocenters. The number of nitrogens with zero attached hydrogens (tertiary/aromatic N) is 2. The van der Waals surface area contributed by atoms with Gasteiger partial charge in [-0.15, -0.1) is 0 Å². The first-order valence-corrected chi connectivity index (χ1v) is 8.99. The molecule has 8 nitrogen and oxygen atoms in total. The van der Waals surface area contributed by atoms with Crippen LogP contribution < -0.4 is 15.4 Å². The fraction of sp³-hybridized carbons (Fsp3) is 0.526. The average molecular weight is 376 g/mol. The number of rotatable bonds is 7. The number of carbonyl (C=O) groups excluding carboxylic acids is 1. The van der Waals surface area contributed by atoms with Crippen molar-refractivity contribution >= 4 is 17.5 Å². The highest BCUT2D eigenvalue weighted by Crippen LogP contribution is 2.30. The highest BCUT2D eigenvalue weighted by molar-refractivity contribution is 5.87. The second-order valence-electron chi connectivity index (χ2n) is 7.21. The molecular weight excluding hydrogens is 348 g/mol. The Bertz CT molecular complexity index is 767. The number of amides is 1. The van der Waals surface area contributed by atoms with E-state index in [0.717, 1.165) is 18.5 Å². The predicted molar refractivity (Wildman–Crippen MR) is 103 cm³/mol. The van der Waals surface area contributed by atoms with Crippen molar-refractivity contribution in [3.63, 3.8) is 0 Å². The van der Waals surface area contributed by atoms with Crippen LogP contribution in [0.3, 0.4) is 0 Å². The molecule has 0 aliphatic heterocycles. The van der Waals surface area contributed by atoms with Gasteiger partial charge in [-0.3, -0.25) is 5.32 Å². The smallest absolute Gasteiger partial charge is 0.412 e. The van der Waals surface area contributed by atoms with Gasteiger partial charge in [0.15, 0.2) is 5.82 Å². The summed E-state index contributed by atoms with van der Waals surface area (Å²) in [6.45, 7) is 9.42. The van der Waals surface area contributed by atoms with Gasteiger partial charge in [-0.25, -0.2) is 4.79 Å². The lowest BCUT2D eigenvalue weighted by Crippen LogP contribution is -2.27. The molecule has 0 saturated heterocycles. The Morgan fingerprint density at radius 3 is 2.70 bits per heavy atom. The van der Waals surface area contributed by atoms with E-state index < -0.39 is 11.7 Å². The number of anilines is 2. The largest absolute Gasteiger partial charge is 0.494 e. The molecule has 0 saturated carbocycles. The van der Waals surface area contributed by atoms with Gasteiger partial charge < -0.3 is 19.3 Å². The molecule has 0 spiro atoms. The Morgan fingerprint density at radius 1 is 1.33 bits per heavy atom. The molecule has 0 bridgehead atoms. The third kappa shape index (κ3) is 6.16. The first-order valence-electron chi connectivity index (χ1n) is 8.99. The second kappa shape index (κ2) is 8.75. The van der Waals surface area contributed by atoms with E-state index in [1.807, 2.05) is 33.8 Å². The molecule has 2 rings (SSSR count). The van der Waals surface area contributed by atoms with Crippen molar-refractivity contribution in [2.75, 3.05) is 17.7 Å². The Balaban J connectivity index is 2.07. The van der Waals surface area contributed by atoms with Gasteiger partial charge in [-0.1, -0.05) is 12.1 Å². The van der Waals surface area contributed by atoms with Gasteiger partial charge in [0, 0.05) is 18.2 Å². The van der Waals surface area contributed by atoms with E-state index in [-0.39, 0.29) is 6.04 Å². The molecule has 2 N–H and O–H groups in total. The molecular formula is C19H28N4O4. The molecule has 1 aromatic heterocycles. The van der Waals surface area contributed by atoms with Crippen molar-refractivity contribution in [2.24, 2.45) is 0 Å². The van der Waals surface area contributed by atoms with E-state index in [2.05, 4.69) is 27.7 Å². The lowest BCUT2D eigenvalue weighted by Gasteiger charge is -2.20. The van der Waals surface area contributed by atoms with Crippen LogP contribution in [0.1, 0.15) is 58.8 Å². The minimum Gasteiger partial charge on any atom is -0.494 e. The van der Waals surface area contributed by atoms with Crippen molar-refractivity contribution in [1.82, 2.24) is 10.1 Å². The van der Waals surface area contributed by atoms with Crippen molar-refractivity contribution in [1.29, 1.82) is 0 Å². The van der Waals surface area contributed by atoms with Crippen molar-refractivity contribution < 1.29 is 18.8 Å². The second-order valence-corrected chi connectivity index (χ2v) is 7.21. The van der Waals surface area contributed by atoms with E-state index in [0.29, 0.717) is 23.2 Å². The van der Waals surface area contributed by atoms with E-state index in [1.54, 1.807) is 12.1 Å². The van der Waals surface area contributed by atoms with Gasteiger partial charge in [0.05, 0.1) is 12.8 Å². The average Bonchev–Trinajstić information content (AvgIpc) is 3.03. The maximum absolute atomic E-state index is 12.0. The summed E-state index contributed by atoms with van der Waals surface area (Å²) in [4.78, 5) is 16.4. The highest BCUT2D eigenvalue weighted by atomic mass is 16.6. The minimum absolute atomic E-state index is 0.169. The van der Waals surface area contributed by atoms with Crippen LogP contribution in [-0.2, 0) is 11.2 Å². The monoisotopic (exact) mass is 376 g/mol.